The van der Waals surface area contributed by atoms with E-state index in [-0.39, 0.29) is 11.8 Å². The number of aromatic nitrogens is 4. The summed E-state index contributed by atoms with van der Waals surface area (Å²) in [6.07, 6.45) is 1.90. The Hall–Kier alpha value is -2.14. The number of halogens is 1. The normalized spacial score (nSPS) is 13.5. The number of phenolic OH excluding ortho intramolecular Hbond substituents is 1. The molecule has 0 aliphatic carbocycles. The van der Waals surface area contributed by atoms with E-state index in [1.807, 2.05) is 30.7 Å². The van der Waals surface area contributed by atoms with Gasteiger partial charge in [-0.1, -0.05) is 6.92 Å². The third kappa shape index (κ3) is 4.41. The van der Waals surface area contributed by atoms with Crippen LogP contribution in [0.3, 0.4) is 0 Å². The molecule has 0 aliphatic rings. The van der Waals surface area contributed by atoms with Gasteiger partial charge in [0, 0.05) is 22.7 Å². The monoisotopic (exact) mass is 482 g/mol. The van der Waals surface area contributed by atoms with E-state index in [4.69, 9.17) is 0 Å². The number of hydrogen-bond donors (Lipinski definition) is 4. The molecule has 0 saturated heterocycles. The minimum absolute atomic E-state index is 0.150. The predicted molar refractivity (Wildman–Crippen MR) is 114 cm³/mol. The van der Waals surface area contributed by atoms with Gasteiger partial charge in [-0.25, -0.2) is 4.98 Å². The molecule has 144 valence electrons. The Kier molecular flexibility index (Phi) is 6.00. The highest BCUT2D eigenvalue weighted by Gasteiger charge is 2.17. The molecule has 27 heavy (non-hydrogen) atoms. The topological polar surface area (TPSA) is 108 Å². The van der Waals surface area contributed by atoms with Crippen LogP contribution in [0.5, 0.6) is 5.75 Å². The highest BCUT2D eigenvalue weighted by molar-refractivity contribution is 14.1. The highest BCUT2D eigenvalue weighted by Crippen LogP contribution is 2.24. The molecule has 2 atom stereocenters. The van der Waals surface area contributed by atoms with Gasteiger partial charge in [0.1, 0.15) is 5.75 Å². The van der Waals surface area contributed by atoms with Gasteiger partial charge in [0.2, 0.25) is 5.95 Å². The molecule has 8 nitrogen and oxygen atoms in total. The number of nitrogens with one attached hydrogen (secondary N) is 2. The van der Waals surface area contributed by atoms with E-state index < -0.39 is 6.10 Å². The molecular formula is C18H23IN6O2. The standard InChI is InChI=1S/C18H23IN6O2/c1-4-13(10(2)26)22-18-23-16(15-17(24-18)25(3)9-21-15)20-8-11-7-12(19)5-6-14(11)27/h5-7,9-10,13,26-27H,4,8H2,1-3H3,(H2,20,22,23,24). The molecule has 0 spiro atoms. The van der Waals surface area contributed by atoms with E-state index in [0.29, 0.717) is 29.5 Å². The zero-order valence-corrected chi connectivity index (χ0v) is 17.6. The number of fused-ring (bicyclic) bond motifs is 1. The van der Waals surface area contributed by atoms with Gasteiger partial charge in [0.05, 0.1) is 18.5 Å². The molecule has 1 aromatic carbocycles. The third-order valence-corrected chi connectivity index (χ3v) is 5.06. The van der Waals surface area contributed by atoms with E-state index in [1.165, 1.54) is 0 Å². The summed E-state index contributed by atoms with van der Waals surface area (Å²) in [5, 5.41) is 26.4. The van der Waals surface area contributed by atoms with Crippen molar-refractivity contribution in [3.63, 3.8) is 0 Å². The summed E-state index contributed by atoms with van der Waals surface area (Å²) in [7, 11) is 1.87. The van der Waals surface area contributed by atoms with Crippen LogP contribution in [0.2, 0.25) is 0 Å². The maximum atomic E-state index is 10.1. The lowest BCUT2D eigenvalue weighted by Crippen LogP contribution is -2.31. The van der Waals surface area contributed by atoms with Crippen molar-refractivity contribution >= 4 is 45.5 Å². The van der Waals surface area contributed by atoms with Crippen LogP contribution in [-0.4, -0.2) is 41.9 Å². The fourth-order valence-corrected chi connectivity index (χ4v) is 3.35. The second-order valence-corrected chi connectivity index (χ2v) is 7.70. The SMILES string of the molecule is CCC(Nc1nc(NCc2cc(I)ccc2O)c2ncn(C)c2n1)C(C)O. The van der Waals surface area contributed by atoms with Gasteiger partial charge in [-0.05, 0) is 54.1 Å². The first kappa shape index (κ1) is 19.6. The number of hydrogen-bond acceptors (Lipinski definition) is 7. The van der Waals surface area contributed by atoms with Crippen molar-refractivity contribution in [1.82, 2.24) is 19.5 Å². The molecule has 2 unspecified atom stereocenters. The van der Waals surface area contributed by atoms with Crippen molar-refractivity contribution in [2.75, 3.05) is 10.6 Å². The number of aliphatic hydroxyl groups excluding tert-OH is 1. The van der Waals surface area contributed by atoms with Crippen molar-refractivity contribution < 1.29 is 10.2 Å². The van der Waals surface area contributed by atoms with Crippen LogP contribution in [0.1, 0.15) is 25.8 Å². The lowest BCUT2D eigenvalue weighted by atomic mass is 10.1. The number of aromatic hydroxyl groups is 1. The second kappa shape index (κ2) is 8.26. The van der Waals surface area contributed by atoms with E-state index >= 15 is 0 Å². The summed E-state index contributed by atoms with van der Waals surface area (Å²) in [5.41, 5.74) is 2.11. The summed E-state index contributed by atoms with van der Waals surface area (Å²) in [6, 6.07) is 5.29. The third-order valence-electron chi connectivity index (χ3n) is 4.38. The minimum Gasteiger partial charge on any atom is -0.508 e. The molecule has 0 aliphatic heterocycles. The fourth-order valence-electron chi connectivity index (χ4n) is 2.80. The number of rotatable bonds is 7. The van der Waals surface area contributed by atoms with Gasteiger partial charge in [-0.3, -0.25) is 0 Å². The van der Waals surface area contributed by atoms with Crippen LogP contribution in [0.25, 0.3) is 11.2 Å². The van der Waals surface area contributed by atoms with E-state index in [1.54, 1.807) is 19.3 Å². The van der Waals surface area contributed by atoms with Gasteiger partial charge in [-0.2, -0.15) is 9.97 Å². The molecule has 0 radical (unpaired) electrons. The summed E-state index contributed by atoms with van der Waals surface area (Å²) in [4.78, 5) is 13.5. The van der Waals surface area contributed by atoms with Crippen LogP contribution < -0.4 is 10.6 Å². The lowest BCUT2D eigenvalue weighted by molar-refractivity contribution is 0.169. The molecule has 9 heteroatoms. The molecule has 0 saturated carbocycles. The van der Waals surface area contributed by atoms with E-state index in [9.17, 15) is 10.2 Å². The molecule has 3 aromatic rings. The first-order valence-electron chi connectivity index (χ1n) is 8.74. The number of aliphatic hydroxyl groups is 1. The Labute approximate surface area is 171 Å². The maximum absolute atomic E-state index is 10.1. The summed E-state index contributed by atoms with van der Waals surface area (Å²) >= 11 is 2.21. The molecule has 0 bridgehead atoms. The van der Waals surface area contributed by atoms with Crippen LogP contribution in [-0.2, 0) is 13.6 Å². The molecule has 0 amide bonds. The Morgan fingerprint density at radius 2 is 2.07 bits per heavy atom. The summed E-state index contributed by atoms with van der Waals surface area (Å²) < 4.78 is 2.86. The van der Waals surface area contributed by atoms with Crippen LogP contribution in [0, 0.1) is 3.57 Å². The smallest absolute Gasteiger partial charge is 0.227 e. The zero-order chi connectivity index (χ0) is 19.6. The van der Waals surface area contributed by atoms with Crippen LogP contribution in [0.4, 0.5) is 11.8 Å². The van der Waals surface area contributed by atoms with Crippen molar-refractivity contribution in [2.45, 2.75) is 39.0 Å². The van der Waals surface area contributed by atoms with Crippen LogP contribution in [0.15, 0.2) is 24.5 Å². The first-order valence-corrected chi connectivity index (χ1v) is 9.81. The van der Waals surface area contributed by atoms with Gasteiger partial charge < -0.3 is 25.4 Å². The maximum Gasteiger partial charge on any atom is 0.227 e. The average molecular weight is 482 g/mol. The predicted octanol–water partition coefficient (Wildman–Crippen LogP) is 2.86. The number of anilines is 2. The van der Waals surface area contributed by atoms with Crippen molar-refractivity contribution in [2.24, 2.45) is 7.05 Å². The molecule has 3 rings (SSSR count). The van der Waals surface area contributed by atoms with Crippen molar-refractivity contribution in [3.05, 3.63) is 33.7 Å². The first-order chi connectivity index (χ1) is 12.9. The Bertz CT molecular complexity index is 943. The number of benzene rings is 1. The van der Waals surface area contributed by atoms with Gasteiger partial charge in [0.15, 0.2) is 17.0 Å². The molecular weight excluding hydrogens is 459 g/mol. The number of phenols is 1. The molecule has 4 N–H and O–H groups in total. The zero-order valence-electron chi connectivity index (χ0n) is 15.4. The average Bonchev–Trinajstić information content (AvgIpc) is 3.01. The second-order valence-electron chi connectivity index (χ2n) is 6.45. The Morgan fingerprint density at radius 1 is 1.30 bits per heavy atom. The number of nitrogens with zero attached hydrogens (tertiary/aromatic N) is 4. The lowest BCUT2D eigenvalue weighted by Gasteiger charge is -2.20. The molecule has 0 fully saturated rings. The quantitative estimate of drug-likeness (QED) is 0.384. The van der Waals surface area contributed by atoms with Crippen LogP contribution >= 0.6 is 22.6 Å². The van der Waals surface area contributed by atoms with Gasteiger partial charge in [0.25, 0.3) is 0 Å². The van der Waals surface area contributed by atoms with Crippen molar-refractivity contribution in [1.29, 1.82) is 0 Å². The van der Waals surface area contributed by atoms with E-state index in [2.05, 4.69) is 48.2 Å². The Morgan fingerprint density at radius 3 is 2.78 bits per heavy atom. The fraction of sp³-hybridized carbons (Fsp3) is 0.389. The highest BCUT2D eigenvalue weighted by atomic mass is 127. The summed E-state index contributed by atoms with van der Waals surface area (Å²) in [6.45, 7) is 4.13. The van der Waals surface area contributed by atoms with E-state index in [0.717, 1.165) is 15.6 Å². The Balaban J connectivity index is 1.92. The number of imidazole rings is 1. The number of aryl methyl sites for hydroxylation is 1. The minimum atomic E-state index is -0.527. The largest absolute Gasteiger partial charge is 0.508 e. The van der Waals surface area contributed by atoms with Gasteiger partial charge in [-0.15, -0.1) is 0 Å². The molecule has 2 aromatic heterocycles. The summed E-state index contributed by atoms with van der Waals surface area (Å²) in [5.74, 6) is 1.22. The molecule has 2 heterocycles. The van der Waals surface area contributed by atoms with Crippen molar-refractivity contribution in [3.8, 4) is 5.75 Å². The van der Waals surface area contributed by atoms with Gasteiger partial charge >= 0.3 is 0 Å².